The third-order valence-electron chi connectivity index (χ3n) is 5.13. The molecule has 2 aliphatic rings. The monoisotopic (exact) mass is 367 g/mol. The molecular formula is C21H25N3O3. The van der Waals surface area contributed by atoms with Crippen LogP contribution in [-0.4, -0.2) is 47.6 Å². The van der Waals surface area contributed by atoms with Crippen molar-refractivity contribution in [3.05, 3.63) is 54.4 Å². The summed E-state index contributed by atoms with van der Waals surface area (Å²) in [5.41, 5.74) is 1.17. The molecular weight excluding hydrogens is 342 g/mol. The third-order valence-corrected chi connectivity index (χ3v) is 5.13. The van der Waals surface area contributed by atoms with E-state index in [1.807, 2.05) is 41.4 Å². The summed E-state index contributed by atoms with van der Waals surface area (Å²) in [6.45, 7) is 2.73. The molecule has 0 spiro atoms. The SMILES string of the molecule is O=C1CC[C@H](CCNCc2cccnc2)N1C[C@H]1COc2ccccc2O1. The topological polar surface area (TPSA) is 63.7 Å². The van der Waals surface area contributed by atoms with Crippen LogP contribution < -0.4 is 14.8 Å². The molecule has 0 bridgehead atoms. The van der Waals surface area contributed by atoms with Crippen LogP contribution in [0.4, 0.5) is 0 Å². The number of hydrogen-bond acceptors (Lipinski definition) is 5. The number of ether oxygens (including phenoxy) is 2. The van der Waals surface area contributed by atoms with Crippen LogP contribution in [0.2, 0.25) is 0 Å². The van der Waals surface area contributed by atoms with E-state index in [2.05, 4.69) is 16.4 Å². The molecule has 1 N–H and O–H groups in total. The predicted molar refractivity (Wildman–Crippen MR) is 102 cm³/mol. The number of aromatic nitrogens is 1. The highest BCUT2D eigenvalue weighted by atomic mass is 16.6. The number of nitrogens with zero attached hydrogens (tertiary/aromatic N) is 2. The molecule has 3 heterocycles. The molecule has 1 saturated heterocycles. The smallest absolute Gasteiger partial charge is 0.223 e. The fourth-order valence-electron chi connectivity index (χ4n) is 3.72. The molecule has 1 fully saturated rings. The van der Waals surface area contributed by atoms with E-state index in [0.717, 1.165) is 37.4 Å². The summed E-state index contributed by atoms with van der Waals surface area (Å²) in [6.07, 6.45) is 6.01. The van der Waals surface area contributed by atoms with Crippen LogP contribution in [0.25, 0.3) is 0 Å². The highest BCUT2D eigenvalue weighted by Gasteiger charge is 2.34. The fraction of sp³-hybridized carbons (Fsp3) is 0.429. The summed E-state index contributed by atoms with van der Waals surface area (Å²) in [6, 6.07) is 11.9. The van der Waals surface area contributed by atoms with E-state index in [4.69, 9.17) is 9.47 Å². The Morgan fingerprint density at radius 2 is 2.07 bits per heavy atom. The third kappa shape index (κ3) is 4.39. The van der Waals surface area contributed by atoms with Gasteiger partial charge in [0.05, 0.1) is 6.54 Å². The van der Waals surface area contributed by atoms with Crippen molar-refractivity contribution >= 4 is 5.91 Å². The molecule has 6 nitrogen and oxygen atoms in total. The molecule has 142 valence electrons. The Kier molecular flexibility index (Phi) is 5.53. The van der Waals surface area contributed by atoms with Crippen molar-refractivity contribution in [3.8, 4) is 11.5 Å². The quantitative estimate of drug-likeness (QED) is 0.762. The zero-order valence-electron chi connectivity index (χ0n) is 15.3. The summed E-state index contributed by atoms with van der Waals surface area (Å²) in [5, 5.41) is 3.45. The van der Waals surface area contributed by atoms with Crippen molar-refractivity contribution in [3.63, 3.8) is 0 Å². The second kappa shape index (κ2) is 8.39. The van der Waals surface area contributed by atoms with Gasteiger partial charge in [-0.25, -0.2) is 0 Å². The Bertz CT molecular complexity index is 768. The maximum atomic E-state index is 12.4. The van der Waals surface area contributed by atoms with Gasteiger partial charge in [-0.05, 0) is 43.1 Å². The molecule has 1 amide bonds. The number of benzene rings is 1. The summed E-state index contributed by atoms with van der Waals surface area (Å²) < 4.78 is 11.8. The van der Waals surface area contributed by atoms with Gasteiger partial charge in [-0.15, -0.1) is 0 Å². The molecule has 0 saturated carbocycles. The van der Waals surface area contributed by atoms with Crippen LogP contribution >= 0.6 is 0 Å². The van der Waals surface area contributed by atoms with E-state index < -0.39 is 0 Å². The number of amides is 1. The standard InChI is InChI=1S/C21H25N3O3/c25-21-8-7-17(9-11-23-13-16-4-3-10-22-12-16)24(21)14-18-15-26-19-5-1-2-6-20(19)27-18/h1-6,10,12,17-18,23H,7-9,11,13-15H2/t17-,18+/m1/s1. The Morgan fingerprint density at radius 3 is 2.93 bits per heavy atom. The minimum Gasteiger partial charge on any atom is -0.486 e. The van der Waals surface area contributed by atoms with Gasteiger partial charge in [0.2, 0.25) is 5.91 Å². The summed E-state index contributed by atoms with van der Waals surface area (Å²) in [7, 11) is 0. The van der Waals surface area contributed by atoms with Crippen molar-refractivity contribution < 1.29 is 14.3 Å². The number of para-hydroxylation sites is 2. The van der Waals surface area contributed by atoms with Gasteiger partial charge in [0.15, 0.2) is 17.6 Å². The van der Waals surface area contributed by atoms with Crippen LogP contribution in [0.5, 0.6) is 11.5 Å². The molecule has 0 aliphatic carbocycles. The minimum atomic E-state index is -0.118. The van der Waals surface area contributed by atoms with Crippen molar-refractivity contribution in [1.29, 1.82) is 0 Å². The average Bonchev–Trinajstić information content (AvgIpc) is 3.05. The van der Waals surface area contributed by atoms with Gasteiger partial charge in [0, 0.05) is 31.4 Å². The first-order valence-corrected chi connectivity index (χ1v) is 9.57. The lowest BCUT2D eigenvalue weighted by molar-refractivity contribution is -0.130. The van der Waals surface area contributed by atoms with Gasteiger partial charge in [-0.3, -0.25) is 9.78 Å². The first-order valence-electron chi connectivity index (χ1n) is 9.57. The van der Waals surface area contributed by atoms with E-state index in [-0.39, 0.29) is 18.1 Å². The molecule has 2 atom stereocenters. The first kappa shape index (κ1) is 17.8. The van der Waals surface area contributed by atoms with Crippen LogP contribution in [0, 0.1) is 0 Å². The maximum Gasteiger partial charge on any atom is 0.223 e. The second-order valence-corrected chi connectivity index (χ2v) is 7.06. The highest BCUT2D eigenvalue weighted by Crippen LogP contribution is 2.32. The van der Waals surface area contributed by atoms with Gasteiger partial charge in [0.25, 0.3) is 0 Å². The average molecular weight is 367 g/mol. The zero-order chi connectivity index (χ0) is 18.5. The molecule has 2 aliphatic heterocycles. The van der Waals surface area contributed by atoms with Crippen molar-refractivity contribution in [1.82, 2.24) is 15.2 Å². The summed E-state index contributed by atoms with van der Waals surface area (Å²) in [5.74, 6) is 1.75. The van der Waals surface area contributed by atoms with Crippen molar-refractivity contribution in [2.24, 2.45) is 0 Å². The van der Waals surface area contributed by atoms with Gasteiger partial charge in [0.1, 0.15) is 6.61 Å². The summed E-state index contributed by atoms with van der Waals surface area (Å²) in [4.78, 5) is 18.5. The number of rotatable bonds is 7. The number of hydrogen-bond donors (Lipinski definition) is 1. The van der Waals surface area contributed by atoms with E-state index in [1.165, 1.54) is 5.56 Å². The zero-order valence-corrected chi connectivity index (χ0v) is 15.3. The molecule has 1 aromatic carbocycles. The van der Waals surface area contributed by atoms with Gasteiger partial charge < -0.3 is 19.7 Å². The van der Waals surface area contributed by atoms with Gasteiger partial charge in [-0.1, -0.05) is 18.2 Å². The summed E-state index contributed by atoms with van der Waals surface area (Å²) >= 11 is 0. The number of fused-ring (bicyclic) bond motifs is 1. The number of nitrogens with one attached hydrogen (secondary N) is 1. The van der Waals surface area contributed by atoms with E-state index in [1.54, 1.807) is 6.20 Å². The number of carbonyl (C=O) groups is 1. The largest absolute Gasteiger partial charge is 0.486 e. The maximum absolute atomic E-state index is 12.4. The Balaban J connectivity index is 1.27. The second-order valence-electron chi connectivity index (χ2n) is 7.06. The molecule has 2 aromatic rings. The van der Waals surface area contributed by atoms with Crippen molar-refractivity contribution in [2.45, 2.75) is 38.0 Å². The molecule has 27 heavy (non-hydrogen) atoms. The first-order chi connectivity index (χ1) is 13.3. The lowest BCUT2D eigenvalue weighted by atomic mass is 10.1. The molecule has 0 radical (unpaired) electrons. The molecule has 6 heteroatoms. The molecule has 4 rings (SSSR count). The Morgan fingerprint density at radius 1 is 1.19 bits per heavy atom. The molecule has 0 unspecified atom stereocenters. The van der Waals surface area contributed by atoms with Crippen LogP contribution in [0.1, 0.15) is 24.8 Å². The lowest BCUT2D eigenvalue weighted by Gasteiger charge is -2.32. The van der Waals surface area contributed by atoms with Crippen LogP contribution in [-0.2, 0) is 11.3 Å². The predicted octanol–water partition coefficient (Wildman–Crippen LogP) is 2.39. The van der Waals surface area contributed by atoms with Crippen LogP contribution in [0.15, 0.2) is 48.8 Å². The minimum absolute atomic E-state index is 0.118. The number of pyridine rings is 1. The van der Waals surface area contributed by atoms with Gasteiger partial charge >= 0.3 is 0 Å². The van der Waals surface area contributed by atoms with E-state index in [0.29, 0.717) is 19.6 Å². The van der Waals surface area contributed by atoms with Crippen molar-refractivity contribution in [2.75, 3.05) is 19.7 Å². The van der Waals surface area contributed by atoms with E-state index >= 15 is 0 Å². The Hall–Kier alpha value is -2.60. The highest BCUT2D eigenvalue weighted by molar-refractivity contribution is 5.78. The molecule has 1 aromatic heterocycles. The van der Waals surface area contributed by atoms with Crippen LogP contribution in [0.3, 0.4) is 0 Å². The number of likely N-dealkylation sites (tertiary alicyclic amines) is 1. The Labute approximate surface area is 159 Å². The fourth-order valence-corrected chi connectivity index (χ4v) is 3.72. The van der Waals surface area contributed by atoms with E-state index in [9.17, 15) is 4.79 Å². The normalized spacial score (nSPS) is 21.5. The lowest BCUT2D eigenvalue weighted by Crippen LogP contribution is -2.45. The van der Waals surface area contributed by atoms with Gasteiger partial charge in [-0.2, -0.15) is 0 Å². The number of carbonyl (C=O) groups excluding carboxylic acids is 1.